The number of hydrogen-bond acceptors (Lipinski definition) is 4. The van der Waals surface area contributed by atoms with Gasteiger partial charge in [0.15, 0.2) is 11.5 Å². The molecule has 28 heavy (non-hydrogen) atoms. The van der Waals surface area contributed by atoms with Crippen LogP contribution in [0.2, 0.25) is 0 Å². The Balaban J connectivity index is 1.18. The Kier molecular flexibility index (Phi) is 4.19. The Labute approximate surface area is 163 Å². The van der Waals surface area contributed by atoms with E-state index in [-0.39, 0.29) is 24.5 Å². The number of carbonyl (C=O) groups is 2. The first kappa shape index (κ1) is 17.1. The highest BCUT2D eigenvalue weighted by atomic mass is 16.7. The first-order valence-electron chi connectivity index (χ1n) is 9.73. The van der Waals surface area contributed by atoms with Crippen molar-refractivity contribution in [1.82, 2.24) is 9.80 Å². The maximum atomic E-state index is 12.8. The van der Waals surface area contributed by atoms with Gasteiger partial charge in [0.05, 0.1) is 0 Å². The van der Waals surface area contributed by atoms with Crippen LogP contribution in [-0.4, -0.2) is 54.6 Å². The third kappa shape index (κ3) is 3.09. The quantitative estimate of drug-likeness (QED) is 0.824. The highest BCUT2D eigenvalue weighted by Gasteiger charge is 2.46. The first-order chi connectivity index (χ1) is 13.7. The maximum Gasteiger partial charge on any atom is 0.254 e. The predicted molar refractivity (Wildman–Crippen MR) is 102 cm³/mol. The third-order valence-corrected chi connectivity index (χ3v) is 5.83. The fourth-order valence-electron chi connectivity index (χ4n) is 4.11. The molecule has 2 unspecified atom stereocenters. The van der Waals surface area contributed by atoms with E-state index in [0.717, 1.165) is 6.42 Å². The van der Waals surface area contributed by atoms with Crippen LogP contribution in [0.3, 0.4) is 0 Å². The van der Waals surface area contributed by atoms with Crippen molar-refractivity contribution >= 4 is 11.8 Å². The fourth-order valence-corrected chi connectivity index (χ4v) is 4.11. The van der Waals surface area contributed by atoms with Crippen LogP contribution >= 0.6 is 0 Å². The number of hydrogen-bond donors (Lipinski definition) is 0. The second-order valence-corrected chi connectivity index (χ2v) is 7.54. The van der Waals surface area contributed by atoms with E-state index in [9.17, 15) is 9.59 Å². The van der Waals surface area contributed by atoms with Gasteiger partial charge >= 0.3 is 0 Å². The average molecular weight is 378 g/mol. The van der Waals surface area contributed by atoms with E-state index < -0.39 is 0 Å². The number of amides is 2. The molecule has 2 atom stereocenters. The van der Waals surface area contributed by atoms with E-state index >= 15 is 0 Å². The van der Waals surface area contributed by atoms with Crippen molar-refractivity contribution in [3.8, 4) is 11.5 Å². The number of fused-ring (bicyclic) bond motifs is 1. The SMILES string of the molecule is O=C(c1ccc2c(c1)OCO2)N1CCN(C(=O)C2CC2c2ccccc2)CC1. The summed E-state index contributed by atoms with van der Waals surface area (Å²) in [4.78, 5) is 29.3. The van der Waals surface area contributed by atoms with Gasteiger partial charge < -0.3 is 19.3 Å². The molecule has 2 aromatic carbocycles. The van der Waals surface area contributed by atoms with Gasteiger partial charge in [-0.2, -0.15) is 0 Å². The topological polar surface area (TPSA) is 59.1 Å². The predicted octanol–water partition coefficient (Wildman–Crippen LogP) is 2.50. The normalized spacial score (nSPS) is 22.9. The molecule has 1 saturated carbocycles. The molecule has 2 aromatic rings. The molecule has 6 heteroatoms. The van der Waals surface area contributed by atoms with Gasteiger partial charge in [-0.15, -0.1) is 0 Å². The monoisotopic (exact) mass is 378 g/mol. The number of rotatable bonds is 3. The lowest BCUT2D eigenvalue weighted by Crippen LogP contribution is -2.51. The van der Waals surface area contributed by atoms with Crippen LogP contribution in [0.4, 0.5) is 0 Å². The molecule has 6 nitrogen and oxygen atoms in total. The minimum absolute atomic E-state index is 0.0287. The van der Waals surface area contributed by atoms with Gasteiger partial charge in [0.1, 0.15) is 0 Å². The number of ether oxygens (including phenoxy) is 2. The summed E-state index contributed by atoms with van der Waals surface area (Å²) in [6.07, 6.45) is 0.930. The van der Waals surface area contributed by atoms with Gasteiger partial charge in [0.25, 0.3) is 5.91 Å². The fraction of sp³-hybridized carbons (Fsp3) is 0.364. The van der Waals surface area contributed by atoms with E-state index in [4.69, 9.17) is 9.47 Å². The molecule has 2 aliphatic heterocycles. The minimum atomic E-state index is -0.0287. The van der Waals surface area contributed by atoms with E-state index in [1.165, 1.54) is 5.56 Å². The molecule has 144 valence electrons. The maximum absolute atomic E-state index is 12.8. The molecule has 2 fully saturated rings. The van der Waals surface area contributed by atoms with Crippen molar-refractivity contribution in [2.45, 2.75) is 12.3 Å². The molecule has 1 saturated heterocycles. The second kappa shape index (κ2) is 6.86. The summed E-state index contributed by atoms with van der Waals surface area (Å²) in [5.41, 5.74) is 1.84. The Bertz CT molecular complexity index is 906. The first-order valence-corrected chi connectivity index (χ1v) is 9.73. The third-order valence-electron chi connectivity index (χ3n) is 5.83. The summed E-state index contributed by atoms with van der Waals surface area (Å²) >= 11 is 0. The Morgan fingerprint density at radius 3 is 2.36 bits per heavy atom. The highest BCUT2D eigenvalue weighted by molar-refractivity contribution is 5.95. The average Bonchev–Trinajstić information content (AvgIpc) is 3.42. The Morgan fingerprint density at radius 2 is 1.57 bits per heavy atom. The Morgan fingerprint density at radius 1 is 0.857 bits per heavy atom. The van der Waals surface area contributed by atoms with Gasteiger partial charge in [-0.05, 0) is 36.1 Å². The molecular formula is C22H22N2O4. The summed E-state index contributed by atoms with van der Waals surface area (Å²) in [6.45, 7) is 2.49. The summed E-state index contributed by atoms with van der Waals surface area (Å²) in [7, 11) is 0. The van der Waals surface area contributed by atoms with Gasteiger partial charge in [-0.25, -0.2) is 0 Å². The molecular weight excluding hydrogens is 356 g/mol. The summed E-state index contributed by atoms with van der Waals surface area (Å²) in [5.74, 6) is 1.92. The molecule has 0 N–H and O–H groups in total. The second-order valence-electron chi connectivity index (χ2n) is 7.54. The van der Waals surface area contributed by atoms with Crippen LogP contribution < -0.4 is 9.47 Å². The van der Waals surface area contributed by atoms with Crippen LogP contribution in [0.5, 0.6) is 11.5 Å². The minimum Gasteiger partial charge on any atom is -0.454 e. The van der Waals surface area contributed by atoms with E-state index in [1.807, 2.05) is 28.0 Å². The number of nitrogens with zero attached hydrogens (tertiary/aromatic N) is 2. The van der Waals surface area contributed by atoms with Crippen LogP contribution in [0, 0.1) is 5.92 Å². The van der Waals surface area contributed by atoms with Gasteiger partial charge in [-0.3, -0.25) is 9.59 Å². The van der Waals surface area contributed by atoms with Crippen molar-refractivity contribution < 1.29 is 19.1 Å². The zero-order valence-corrected chi connectivity index (χ0v) is 15.5. The largest absolute Gasteiger partial charge is 0.454 e. The van der Waals surface area contributed by atoms with E-state index in [2.05, 4.69) is 12.1 Å². The molecule has 0 bridgehead atoms. The number of benzene rings is 2. The van der Waals surface area contributed by atoms with Gasteiger partial charge in [0.2, 0.25) is 12.7 Å². The van der Waals surface area contributed by atoms with E-state index in [1.54, 1.807) is 18.2 Å². The Hall–Kier alpha value is -3.02. The van der Waals surface area contributed by atoms with Crippen molar-refractivity contribution in [3.63, 3.8) is 0 Å². The van der Waals surface area contributed by atoms with Crippen LogP contribution in [-0.2, 0) is 4.79 Å². The van der Waals surface area contributed by atoms with E-state index in [0.29, 0.717) is 49.2 Å². The van der Waals surface area contributed by atoms with Crippen molar-refractivity contribution in [3.05, 3.63) is 59.7 Å². The van der Waals surface area contributed by atoms with Crippen LogP contribution in [0.1, 0.15) is 28.3 Å². The molecule has 2 amide bonds. The molecule has 2 heterocycles. The lowest BCUT2D eigenvalue weighted by molar-refractivity contribution is -0.134. The summed E-state index contributed by atoms with van der Waals surface area (Å²) in [5, 5.41) is 0. The van der Waals surface area contributed by atoms with Crippen LogP contribution in [0.25, 0.3) is 0 Å². The zero-order chi connectivity index (χ0) is 19.1. The summed E-state index contributed by atoms with van der Waals surface area (Å²) < 4.78 is 10.7. The van der Waals surface area contributed by atoms with Crippen molar-refractivity contribution in [2.24, 2.45) is 5.92 Å². The summed E-state index contributed by atoms with van der Waals surface area (Å²) in [6, 6.07) is 15.5. The lowest BCUT2D eigenvalue weighted by Gasteiger charge is -2.35. The number of carbonyl (C=O) groups excluding carboxylic acids is 2. The molecule has 5 rings (SSSR count). The standard InChI is InChI=1S/C22H22N2O4/c25-21(16-6-7-19-20(12-16)28-14-27-19)23-8-10-24(11-9-23)22(26)18-13-17(18)15-4-2-1-3-5-15/h1-7,12,17-18H,8-11,13-14H2. The highest BCUT2D eigenvalue weighted by Crippen LogP contribution is 2.48. The van der Waals surface area contributed by atoms with Gasteiger partial charge in [-0.1, -0.05) is 30.3 Å². The number of piperazine rings is 1. The van der Waals surface area contributed by atoms with Crippen molar-refractivity contribution in [2.75, 3.05) is 33.0 Å². The molecule has 0 spiro atoms. The molecule has 1 aliphatic carbocycles. The van der Waals surface area contributed by atoms with Crippen molar-refractivity contribution in [1.29, 1.82) is 0 Å². The zero-order valence-electron chi connectivity index (χ0n) is 15.5. The van der Waals surface area contributed by atoms with Gasteiger partial charge in [0, 0.05) is 37.7 Å². The molecule has 3 aliphatic rings. The molecule has 0 radical (unpaired) electrons. The molecule has 0 aromatic heterocycles. The van der Waals surface area contributed by atoms with Crippen LogP contribution in [0.15, 0.2) is 48.5 Å². The smallest absolute Gasteiger partial charge is 0.254 e. The lowest BCUT2D eigenvalue weighted by atomic mass is 10.1.